The number of amides is 2. The van der Waals surface area contributed by atoms with Crippen molar-refractivity contribution in [2.75, 3.05) is 93.4 Å². The van der Waals surface area contributed by atoms with E-state index in [4.69, 9.17) is 33.6 Å². The SMILES string of the molecule is COCC(CCCCNC(=O)CCOCCOCCOCCOCCNC(=O)c1ccc(S(N)(=O)=O)cc1)COC. The van der Waals surface area contributed by atoms with Crippen molar-refractivity contribution >= 4 is 21.8 Å². The van der Waals surface area contributed by atoms with Gasteiger partial charge in [-0.15, -0.1) is 0 Å². The van der Waals surface area contributed by atoms with Gasteiger partial charge in [0.1, 0.15) is 0 Å². The lowest BCUT2D eigenvalue weighted by molar-refractivity contribution is -0.122. The fourth-order valence-corrected chi connectivity index (χ4v) is 4.14. The Morgan fingerprint density at radius 1 is 0.756 bits per heavy atom. The molecule has 236 valence electrons. The van der Waals surface area contributed by atoms with E-state index in [1.54, 1.807) is 14.2 Å². The second-order valence-corrected chi connectivity index (χ2v) is 10.7. The molecule has 0 aliphatic carbocycles. The van der Waals surface area contributed by atoms with Gasteiger partial charge in [-0.25, -0.2) is 13.6 Å². The maximum atomic E-state index is 12.0. The van der Waals surface area contributed by atoms with Crippen LogP contribution in [0.2, 0.25) is 0 Å². The largest absolute Gasteiger partial charge is 0.384 e. The van der Waals surface area contributed by atoms with Gasteiger partial charge in [-0.3, -0.25) is 9.59 Å². The lowest BCUT2D eigenvalue weighted by Gasteiger charge is -2.14. The van der Waals surface area contributed by atoms with Crippen molar-refractivity contribution < 1.29 is 46.4 Å². The summed E-state index contributed by atoms with van der Waals surface area (Å²) in [6.45, 7) is 5.36. The molecule has 14 heteroatoms. The zero-order valence-corrected chi connectivity index (χ0v) is 25.1. The smallest absolute Gasteiger partial charge is 0.251 e. The molecule has 0 spiro atoms. The first kappa shape index (κ1) is 36.9. The topological polar surface area (TPSA) is 174 Å². The maximum absolute atomic E-state index is 12.0. The van der Waals surface area contributed by atoms with E-state index in [0.717, 1.165) is 19.3 Å². The van der Waals surface area contributed by atoms with Crippen LogP contribution in [0.3, 0.4) is 0 Å². The van der Waals surface area contributed by atoms with Gasteiger partial charge in [0.05, 0.1) is 71.0 Å². The number of benzene rings is 1. The second kappa shape index (κ2) is 23.4. The van der Waals surface area contributed by atoms with Gasteiger partial charge in [-0.2, -0.15) is 0 Å². The van der Waals surface area contributed by atoms with Crippen LogP contribution in [-0.4, -0.2) is 114 Å². The van der Waals surface area contributed by atoms with Crippen molar-refractivity contribution in [3.63, 3.8) is 0 Å². The van der Waals surface area contributed by atoms with E-state index in [0.29, 0.717) is 97.1 Å². The van der Waals surface area contributed by atoms with Crippen molar-refractivity contribution in [3.8, 4) is 0 Å². The number of methoxy groups -OCH3 is 2. The van der Waals surface area contributed by atoms with Crippen LogP contribution < -0.4 is 15.8 Å². The third kappa shape index (κ3) is 19.6. The van der Waals surface area contributed by atoms with Crippen molar-refractivity contribution in [3.05, 3.63) is 29.8 Å². The Morgan fingerprint density at radius 3 is 1.83 bits per heavy atom. The van der Waals surface area contributed by atoms with E-state index in [2.05, 4.69) is 10.6 Å². The van der Waals surface area contributed by atoms with Gasteiger partial charge in [-0.1, -0.05) is 6.42 Å². The number of primary sulfonamides is 1. The Balaban J connectivity index is 1.86. The summed E-state index contributed by atoms with van der Waals surface area (Å²) in [7, 11) is -0.414. The summed E-state index contributed by atoms with van der Waals surface area (Å²) >= 11 is 0. The van der Waals surface area contributed by atoms with Crippen LogP contribution >= 0.6 is 0 Å². The normalized spacial score (nSPS) is 11.6. The summed E-state index contributed by atoms with van der Waals surface area (Å²) in [5, 5.41) is 10.6. The van der Waals surface area contributed by atoms with Crippen LogP contribution in [0.1, 0.15) is 36.0 Å². The third-order valence-corrected chi connectivity index (χ3v) is 6.66. The molecule has 0 bridgehead atoms. The molecule has 0 saturated heterocycles. The summed E-state index contributed by atoms with van der Waals surface area (Å²) in [5.74, 6) is 0.0240. The number of nitrogens with one attached hydrogen (secondary N) is 2. The van der Waals surface area contributed by atoms with Gasteiger partial charge in [0.25, 0.3) is 5.91 Å². The standard InChI is InChI=1S/C27H47N3O10S/c1-35-21-23(22-36-2)5-3-4-11-29-26(31)10-13-37-15-17-39-19-20-40-18-16-38-14-12-30-27(32)24-6-8-25(9-7-24)41(28,33)34/h6-9,23H,3-5,10-22H2,1-2H3,(H,29,31)(H,30,32)(H2,28,33,34). The molecule has 1 rings (SSSR count). The highest BCUT2D eigenvalue weighted by Gasteiger charge is 2.10. The molecule has 1 aromatic carbocycles. The molecular weight excluding hydrogens is 558 g/mol. The molecule has 1 aromatic rings. The lowest BCUT2D eigenvalue weighted by Crippen LogP contribution is -2.27. The first-order valence-corrected chi connectivity index (χ1v) is 15.3. The average molecular weight is 606 g/mol. The van der Waals surface area contributed by atoms with Crippen molar-refractivity contribution in [1.29, 1.82) is 0 Å². The minimum absolute atomic E-state index is 0.0219. The molecule has 0 fully saturated rings. The summed E-state index contributed by atoms with van der Waals surface area (Å²) < 4.78 is 54.5. The molecule has 4 N–H and O–H groups in total. The quantitative estimate of drug-likeness (QED) is 0.128. The number of sulfonamides is 1. The van der Waals surface area contributed by atoms with Crippen LogP contribution in [0.4, 0.5) is 0 Å². The van der Waals surface area contributed by atoms with Gasteiger partial charge in [0, 0.05) is 45.2 Å². The minimum Gasteiger partial charge on any atom is -0.384 e. The molecule has 13 nitrogen and oxygen atoms in total. The van der Waals surface area contributed by atoms with Crippen molar-refractivity contribution in [1.82, 2.24) is 10.6 Å². The van der Waals surface area contributed by atoms with Crippen LogP contribution in [0.5, 0.6) is 0 Å². The van der Waals surface area contributed by atoms with Crippen LogP contribution in [0.25, 0.3) is 0 Å². The lowest BCUT2D eigenvalue weighted by atomic mass is 10.0. The highest BCUT2D eigenvalue weighted by molar-refractivity contribution is 7.89. The summed E-state index contributed by atoms with van der Waals surface area (Å²) in [6.07, 6.45) is 3.25. The van der Waals surface area contributed by atoms with E-state index in [1.807, 2.05) is 0 Å². The molecule has 0 atom stereocenters. The highest BCUT2D eigenvalue weighted by Crippen LogP contribution is 2.10. The first-order valence-electron chi connectivity index (χ1n) is 13.7. The molecular formula is C27H47N3O10S. The number of carbonyl (C=O) groups is 2. The number of nitrogens with two attached hydrogens (primary N) is 1. The van der Waals surface area contributed by atoms with Gasteiger partial charge in [-0.05, 0) is 37.1 Å². The van der Waals surface area contributed by atoms with E-state index in [1.165, 1.54) is 24.3 Å². The predicted molar refractivity (Wildman–Crippen MR) is 152 cm³/mol. The number of unbranched alkanes of at least 4 members (excludes halogenated alkanes) is 1. The molecule has 0 aliphatic rings. The number of hydrogen-bond acceptors (Lipinski definition) is 10. The average Bonchev–Trinajstić information content (AvgIpc) is 2.94. The number of carbonyl (C=O) groups excluding carboxylic acids is 2. The second-order valence-electron chi connectivity index (χ2n) is 9.15. The minimum atomic E-state index is -3.79. The Kier molecular flexibility index (Phi) is 21.0. The Morgan fingerprint density at radius 2 is 1.29 bits per heavy atom. The van der Waals surface area contributed by atoms with Gasteiger partial charge >= 0.3 is 0 Å². The first-order chi connectivity index (χ1) is 19.8. The zero-order chi connectivity index (χ0) is 30.2. The maximum Gasteiger partial charge on any atom is 0.251 e. The Hall–Kier alpha value is -2.17. The number of rotatable bonds is 26. The molecule has 41 heavy (non-hydrogen) atoms. The molecule has 0 heterocycles. The predicted octanol–water partition coefficient (Wildman–Crippen LogP) is 0.716. The molecule has 0 aliphatic heterocycles. The molecule has 0 saturated carbocycles. The highest BCUT2D eigenvalue weighted by atomic mass is 32.2. The molecule has 0 aromatic heterocycles. The van der Waals surface area contributed by atoms with E-state index in [-0.39, 0.29) is 16.7 Å². The van der Waals surface area contributed by atoms with E-state index >= 15 is 0 Å². The molecule has 0 unspecified atom stereocenters. The summed E-state index contributed by atoms with van der Waals surface area (Å²) in [5.41, 5.74) is 0.324. The van der Waals surface area contributed by atoms with Crippen LogP contribution in [-0.2, 0) is 43.2 Å². The van der Waals surface area contributed by atoms with Crippen molar-refractivity contribution in [2.24, 2.45) is 11.1 Å². The van der Waals surface area contributed by atoms with Gasteiger partial charge in [0.2, 0.25) is 15.9 Å². The fourth-order valence-electron chi connectivity index (χ4n) is 3.62. The van der Waals surface area contributed by atoms with Gasteiger partial charge in [0.15, 0.2) is 0 Å². The Labute approximate surface area is 243 Å². The summed E-state index contributed by atoms with van der Waals surface area (Å²) in [4.78, 5) is 23.9. The fraction of sp³-hybridized carbons (Fsp3) is 0.704. The number of ether oxygens (including phenoxy) is 6. The zero-order valence-electron chi connectivity index (χ0n) is 24.3. The third-order valence-electron chi connectivity index (χ3n) is 5.73. The van der Waals surface area contributed by atoms with Crippen LogP contribution in [0, 0.1) is 5.92 Å². The molecule has 2 amide bonds. The number of hydrogen-bond donors (Lipinski definition) is 3. The van der Waals surface area contributed by atoms with Crippen molar-refractivity contribution in [2.45, 2.75) is 30.6 Å². The van der Waals surface area contributed by atoms with E-state index in [9.17, 15) is 18.0 Å². The Bertz CT molecular complexity index is 926. The summed E-state index contributed by atoms with van der Waals surface area (Å²) in [6, 6.07) is 5.35. The van der Waals surface area contributed by atoms with Gasteiger partial charge < -0.3 is 39.1 Å². The van der Waals surface area contributed by atoms with E-state index < -0.39 is 10.0 Å². The monoisotopic (exact) mass is 605 g/mol. The molecule has 0 radical (unpaired) electrons. The van der Waals surface area contributed by atoms with Crippen LogP contribution in [0.15, 0.2) is 29.2 Å².